The second-order valence-electron chi connectivity index (χ2n) is 8.80. The molecule has 2 saturated heterocycles. The lowest BCUT2D eigenvalue weighted by atomic mass is 9.96. The number of aromatic nitrogens is 4. The molecule has 0 spiro atoms. The molecule has 0 bridgehead atoms. The Bertz CT molecular complexity index is 1540. The number of amides is 1. The number of primary sulfonamides is 1. The SMILES string of the molecule is C[C@H]1NC(=O)O[C@H]1c1ccc(-c2ccc(S(=O)(=O)NC3CCNC3)c(S(N)(=O)=O)c2-c2nnn[nH]2)cc1. The molecule has 3 atom stereocenters. The molecule has 5 rings (SSSR count). The number of rotatable bonds is 7. The summed E-state index contributed by atoms with van der Waals surface area (Å²) >= 11 is 0. The minimum Gasteiger partial charge on any atom is -0.439 e. The Morgan fingerprint density at radius 2 is 1.86 bits per heavy atom. The molecule has 1 amide bonds. The standard InChI is InChI=1S/C21H24N8O6S2/c1-11-18(35-21(30)24-11)13-4-2-12(3-5-13)15-6-7-16(37(33,34)27-14-8-9-23-10-14)19(36(22,31)32)17(15)20-25-28-29-26-20/h2-7,11,14,18,23,27H,8-10H2,1H3,(H,24,30)(H2,22,31,32)(H,25,26,28,29)/t11-,14?,18-/m1/s1. The van der Waals surface area contributed by atoms with Crippen molar-refractivity contribution < 1.29 is 26.4 Å². The van der Waals surface area contributed by atoms with Crippen molar-refractivity contribution in [3.05, 3.63) is 42.0 Å². The number of ether oxygens (including phenoxy) is 1. The summed E-state index contributed by atoms with van der Waals surface area (Å²) < 4.78 is 60.2. The number of alkyl carbamates (subject to hydrolysis) is 1. The highest BCUT2D eigenvalue weighted by Crippen LogP contribution is 2.39. The summed E-state index contributed by atoms with van der Waals surface area (Å²) in [5, 5.41) is 24.7. The van der Waals surface area contributed by atoms with Gasteiger partial charge in [0.1, 0.15) is 15.9 Å². The summed E-state index contributed by atoms with van der Waals surface area (Å²) in [6, 6.07) is 8.89. The number of aromatic amines is 1. The summed E-state index contributed by atoms with van der Waals surface area (Å²) in [5.41, 5.74) is 1.49. The zero-order chi connectivity index (χ0) is 26.4. The third kappa shape index (κ3) is 4.93. The Morgan fingerprint density at radius 3 is 2.43 bits per heavy atom. The minimum atomic E-state index is -4.59. The van der Waals surface area contributed by atoms with Gasteiger partial charge in [-0.1, -0.05) is 30.3 Å². The first-order valence-electron chi connectivity index (χ1n) is 11.3. The van der Waals surface area contributed by atoms with Crippen LogP contribution in [0.25, 0.3) is 22.5 Å². The average Bonchev–Trinajstić information content (AvgIpc) is 3.60. The molecule has 16 heteroatoms. The van der Waals surface area contributed by atoms with Crippen LogP contribution in [-0.4, -0.2) is 68.7 Å². The molecule has 37 heavy (non-hydrogen) atoms. The molecular formula is C21H24N8O6S2. The molecule has 0 saturated carbocycles. The minimum absolute atomic E-state index is 0.0785. The van der Waals surface area contributed by atoms with Gasteiger partial charge in [0.25, 0.3) is 0 Å². The van der Waals surface area contributed by atoms with Crippen molar-refractivity contribution in [2.24, 2.45) is 5.14 Å². The molecule has 1 aromatic heterocycles. The van der Waals surface area contributed by atoms with Crippen LogP contribution in [0.15, 0.2) is 46.2 Å². The van der Waals surface area contributed by atoms with Gasteiger partial charge in [0.05, 0.1) is 6.04 Å². The van der Waals surface area contributed by atoms with Crippen molar-refractivity contribution in [3.63, 3.8) is 0 Å². The third-order valence-corrected chi connectivity index (χ3v) is 8.93. The number of sulfonamides is 2. The Morgan fingerprint density at radius 1 is 1.11 bits per heavy atom. The van der Waals surface area contributed by atoms with Crippen LogP contribution in [0.3, 0.4) is 0 Å². The quantitative estimate of drug-likeness (QED) is 0.266. The molecule has 2 fully saturated rings. The number of nitrogens with two attached hydrogens (primary N) is 1. The molecule has 2 aromatic carbocycles. The lowest BCUT2D eigenvalue weighted by Gasteiger charge is -2.19. The lowest BCUT2D eigenvalue weighted by Crippen LogP contribution is -2.37. The molecule has 0 aliphatic carbocycles. The fourth-order valence-corrected chi connectivity index (χ4v) is 7.44. The van der Waals surface area contributed by atoms with E-state index < -0.39 is 48.1 Å². The number of nitrogens with zero attached hydrogens (tertiary/aromatic N) is 3. The summed E-state index contributed by atoms with van der Waals surface area (Å²) in [6.45, 7) is 2.86. The smallest absolute Gasteiger partial charge is 0.408 e. The van der Waals surface area contributed by atoms with Crippen molar-refractivity contribution in [2.45, 2.75) is 41.3 Å². The highest BCUT2D eigenvalue weighted by atomic mass is 32.2. The number of hydrogen-bond donors (Lipinski definition) is 5. The summed E-state index contributed by atoms with van der Waals surface area (Å²) in [5.74, 6) is -0.0785. The Labute approximate surface area is 212 Å². The van der Waals surface area contributed by atoms with Crippen LogP contribution in [0, 0.1) is 0 Å². The third-order valence-electron chi connectivity index (χ3n) is 6.24. The first kappa shape index (κ1) is 25.2. The number of hydrogen-bond acceptors (Lipinski definition) is 10. The first-order chi connectivity index (χ1) is 17.5. The number of cyclic esters (lactones) is 1. The normalized spacial score (nSPS) is 22.1. The highest BCUT2D eigenvalue weighted by molar-refractivity contribution is 7.92. The number of carbonyl (C=O) groups is 1. The molecule has 14 nitrogen and oxygen atoms in total. The van der Waals surface area contributed by atoms with E-state index in [1.165, 1.54) is 12.1 Å². The predicted octanol–water partition coefficient (Wildman–Crippen LogP) is -0.00930. The van der Waals surface area contributed by atoms with E-state index in [-0.39, 0.29) is 17.4 Å². The predicted molar refractivity (Wildman–Crippen MR) is 130 cm³/mol. The van der Waals surface area contributed by atoms with Gasteiger partial charge in [0.15, 0.2) is 5.82 Å². The van der Waals surface area contributed by atoms with Crippen LogP contribution in [0.5, 0.6) is 0 Å². The molecule has 3 heterocycles. The maximum Gasteiger partial charge on any atom is 0.408 e. The monoisotopic (exact) mass is 548 g/mol. The second kappa shape index (κ2) is 9.46. The molecule has 2 aliphatic heterocycles. The van der Waals surface area contributed by atoms with E-state index in [4.69, 9.17) is 9.88 Å². The van der Waals surface area contributed by atoms with Crippen LogP contribution in [0.1, 0.15) is 25.0 Å². The lowest BCUT2D eigenvalue weighted by molar-refractivity contribution is 0.134. The second-order valence-corrected chi connectivity index (χ2v) is 12.0. The van der Waals surface area contributed by atoms with Crippen LogP contribution in [0.4, 0.5) is 4.79 Å². The van der Waals surface area contributed by atoms with E-state index in [9.17, 15) is 21.6 Å². The van der Waals surface area contributed by atoms with Gasteiger partial charge < -0.3 is 15.4 Å². The Kier molecular flexibility index (Phi) is 6.45. The van der Waals surface area contributed by atoms with Crippen LogP contribution < -0.4 is 20.5 Å². The fraction of sp³-hybridized carbons (Fsp3) is 0.333. The van der Waals surface area contributed by atoms with Crippen molar-refractivity contribution in [3.8, 4) is 22.5 Å². The summed E-state index contributed by atoms with van der Waals surface area (Å²) in [6.07, 6.45) is -0.459. The van der Waals surface area contributed by atoms with E-state index in [0.29, 0.717) is 30.6 Å². The maximum absolute atomic E-state index is 13.3. The van der Waals surface area contributed by atoms with E-state index in [1.54, 1.807) is 24.3 Å². The maximum atomic E-state index is 13.3. The van der Waals surface area contributed by atoms with Gasteiger partial charge in [-0.25, -0.2) is 36.6 Å². The Balaban J connectivity index is 1.65. The highest BCUT2D eigenvalue weighted by Gasteiger charge is 2.34. The molecule has 3 aromatic rings. The van der Waals surface area contributed by atoms with E-state index in [1.807, 2.05) is 6.92 Å². The number of H-pyrrole nitrogens is 1. The number of benzene rings is 2. The van der Waals surface area contributed by atoms with Crippen molar-refractivity contribution >= 4 is 26.1 Å². The fourth-order valence-electron chi connectivity index (χ4n) is 4.56. The number of carbonyl (C=O) groups excluding carboxylic acids is 1. The van der Waals surface area contributed by atoms with E-state index in [2.05, 4.69) is 36.0 Å². The van der Waals surface area contributed by atoms with E-state index >= 15 is 0 Å². The number of nitrogens with one attached hydrogen (secondary N) is 4. The summed E-state index contributed by atoms with van der Waals surface area (Å²) in [7, 11) is -8.87. The van der Waals surface area contributed by atoms with Gasteiger partial charge in [-0.05, 0) is 53.1 Å². The van der Waals surface area contributed by atoms with Crippen LogP contribution >= 0.6 is 0 Å². The number of tetrazole rings is 1. The molecular weight excluding hydrogens is 524 g/mol. The van der Waals surface area contributed by atoms with Crippen molar-refractivity contribution in [1.82, 2.24) is 36.0 Å². The van der Waals surface area contributed by atoms with Gasteiger partial charge in [-0.3, -0.25) is 0 Å². The van der Waals surface area contributed by atoms with Crippen molar-refractivity contribution in [1.29, 1.82) is 0 Å². The first-order valence-corrected chi connectivity index (χ1v) is 14.3. The average molecular weight is 549 g/mol. The van der Waals surface area contributed by atoms with Gasteiger partial charge in [-0.15, -0.1) is 5.10 Å². The van der Waals surface area contributed by atoms with Crippen molar-refractivity contribution in [2.75, 3.05) is 13.1 Å². The summed E-state index contributed by atoms with van der Waals surface area (Å²) in [4.78, 5) is 10.4. The zero-order valence-corrected chi connectivity index (χ0v) is 21.1. The van der Waals surface area contributed by atoms with Crippen LogP contribution in [-0.2, 0) is 24.8 Å². The van der Waals surface area contributed by atoms with Gasteiger partial charge in [0, 0.05) is 18.2 Å². The molecule has 196 valence electrons. The largest absolute Gasteiger partial charge is 0.439 e. The zero-order valence-electron chi connectivity index (χ0n) is 19.5. The van der Waals surface area contributed by atoms with E-state index in [0.717, 1.165) is 5.56 Å². The molecule has 6 N–H and O–H groups in total. The van der Waals surface area contributed by atoms with Gasteiger partial charge in [-0.2, -0.15) is 0 Å². The topological polar surface area (TPSA) is 211 Å². The van der Waals surface area contributed by atoms with Gasteiger partial charge >= 0.3 is 6.09 Å². The molecule has 0 radical (unpaired) electrons. The van der Waals surface area contributed by atoms with Gasteiger partial charge in [0.2, 0.25) is 20.0 Å². The molecule has 2 aliphatic rings. The molecule has 1 unspecified atom stereocenters. The van der Waals surface area contributed by atoms with Crippen LogP contribution in [0.2, 0.25) is 0 Å². The Hall–Kier alpha value is -3.44.